The Morgan fingerprint density at radius 3 is 2.76 bits per heavy atom. The number of benzene rings is 2. The van der Waals surface area contributed by atoms with Gasteiger partial charge in [-0.15, -0.1) is 0 Å². The van der Waals surface area contributed by atoms with E-state index in [-0.39, 0.29) is 12.7 Å². The average molecular weight is 335 g/mol. The third kappa shape index (κ3) is 3.06. The standard InChI is InChI=1S/C19H17N3O3/c1-22-16(14-5-3-2-4-6-14)10-15(21-22)19(23)20-11-13-7-8-17-18(9-13)25-12-24-17/h2-10H,11-12H2,1H3,(H,20,23). The first-order chi connectivity index (χ1) is 12.2. The molecule has 1 aliphatic rings. The number of nitrogens with zero attached hydrogens (tertiary/aromatic N) is 2. The van der Waals surface area contributed by atoms with Crippen molar-refractivity contribution in [3.63, 3.8) is 0 Å². The van der Waals surface area contributed by atoms with Gasteiger partial charge in [0, 0.05) is 13.6 Å². The highest BCUT2D eigenvalue weighted by atomic mass is 16.7. The van der Waals surface area contributed by atoms with E-state index in [0.717, 1.165) is 22.6 Å². The van der Waals surface area contributed by atoms with E-state index in [2.05, 4.69) is 10.4 Å². The number of aryl methyl sites for hydroxylation is 1. The second-order valence-corrected chi connectivity index (χ2v) is 5.77. The molecule has 0 atom stereocenters. The molecule has 1 N–H and O–H groups in total. The Bertz CT molecular complexity index is 919. The minimum absolute atomic E-state index is 0.213. The van der Waals surface area contributed by atoms with Gasteiger partial charge in [0.15, 0.2) is 17.2 Å². The lowest BCUT2D eigenvalue weighted by molar-refractivity contribution is 0.0945. The Balaban J connectivity index is 1.47. The normalized spacial score (nSPS) is 12.2. The molecule has 0 saturated heterocycles. The predicted octanol–water partition coefficient (Wildman–Crippen LogP) is 2.75. The summed E-state index contributed by atoms with van der Waals surface area (Å²) in [5.74, 6) is 1.22. The van der Waals surface area contributed by atoms with Crippen molar-refractivity contribution >= 4 is 5.91 Å². The minimum atomic E-state index is -0.213. The Morgan fingerprint density at radius 1 is 1.12 bits per heavy atom. The van der Waals surface area contributed by atoms with Crippen molar-refractivity contribution < 1.29 is 14.3 Å². The van der Waals surface area contributed by atoms with Crippen molar-refractivity contribution in [1.82, 2.24) is 15.1 Å². The van der Waals surface area contributed by atoms with Crippen molar-refractivity contribution in [3.8, 4) is 22.8 Å². The number of carbonyl (C=O) groups is 1. The molecule has 4 rings (SSSR count). The van der Waals surface area contributed by atoms with Gasteiger partial charge in [0.2, 0.25) is 6.79 Å². The van der Waals surface area contributed by atoms with Gasteiger partial charge in [-0.05, 0) is 29.3 Å². The molecule has 25 heavy (non-hydrogen) atoms. The summed E-state index contributed by atoms with van der Waals surface area (Å²) in [6.45, 7) is 0.633. The van der Waals surface area contributed by atoms with Crippen LogP contribution >= 0.6 is 0 Å². The van der Waals surface area contributed by atoms with Crippen LogP contribution in [0.4, 0.5) is 0 Å². The highest BCUT2D eigenvalue weighted by Gasteiger charge is 2.16. The summed E-state index contributed by atoms with van der Waals surface area (Å²) < 4.78 is 12.3. The van der Waals surface area contributed by atoms with Crippen molar-refractivity contribution in [3.05, 3.63) is 65.9 Å². The van der Waals surface area contributed by atoms with Crippen LogP contribution in [0.3, 0.4) is 0 Å². The number of ether oxygens (including phenoxy) is 2. The molecular formula is C19H17N3O3. The smallest absolute Gasteiger partial charge is 0.272 e. The SMILES string of the molecule is Cn1nc(C(=O)NCc2ccc3c(c2)OCO3)cc1-c1ccccc1. The topological polar surface area (TPSA) is 65.4 Å². The summed E-state index contributed by atoms with van der Waals surface area (Å²) in [6.07, 6.45) is 0. The molecule has 0 saturated carbocycles. The Hall–Kier alpha value is -3.28. The van der Waals surface area contributed by atoms with Gasteiger partial charge in [0.25, 0.3) is 5.91 Å². The summed E-state index contributed by atoms with van der Waals surface area (Å²) in [4.78, 5) is 12.4. The summed E-state index contributed by atoms with van der Waals surface area (Å²) in [7, 11) is 1.83. The van der Waals surface area contributed by atoms with Gasteiger partial charge < -0.3 is 14.8 Å². The molecule has 6 nitrogen and oxygen atoms in total. The zero-order valence-electron chi connectivity index (χ0n) is 13.7. The molecule has 1 aliphatic heterocycles. The Kier molecular flexibility index (Phi) is 3.85. The van der Waals surface area contributed by atoms with Gasteiger partial charge in [-0.3, -0.25) is 9.48 Å². The first-order valence-electron chi connectivity index (χ1n) is 7.97. The van der Waals surface area contributed by atoms with Gasteiger partial charge in [0.1, 0.15) is 0 Å². The van der Waals surface area contributed by atoms with Crippen LogP contribution in [0.15, 0.2) is 54.6 Å². The van der Waals surface area contributed by atoms with E-state index < -0.39 is 0 Å². The largest absolute Gasteiger partial charge is 0.454 e. The van der Waals surface area contributed by atoms with Gasteiger partial charge in [0.05, 0.1) is 5.69 Å². The first kappa shape index (κ1) is 15.3. The van der Waals surface area contributed by atoms with Crippen LogP contribution in [0.2, 0.25) is 0 Å². The number of aromatic nitrogens is 2. The summed E-state index contributed by atoms with van der Waals surface area (Å²) in [6, 6.07) is 17.3. The molecule has 0 unspecified atom stereocenters. The van der Waals surface area contributed by atoms with E-state index in [0.29, 0.717) is 18.0 Å². The third-order valence-corrected chi connectivity index (χ3v) is 4.07. The van der Waals surface area contributed by atoms with E-state index in [1.54, 1.807) is 10.7 Å². The molecular weight excluding hydrogens is 318 g/mol. The maximum absolute atomic E-state index is 12.4. The molecule has 0 spiro atoms. The molecule has 1 aromatic heterocycles. The minimum Gasteiger partial charge on any atom is -0.454 e. The van der Waals surface area contributed by atoms with Crippen LogP contribution in [0.5, 0.6) is 11.5 Å². The first-order valence-corrected chi connectivity index (χ1v) is 7.97. The zero-order chi connectivity index (χ0) is 17.2. The van der Waals surface area contributed by atoms with E-state index in [9.17, 15) is 4.79 Å². The molecule has 2 heterocycles. The monoisotopic (exact) mass is 335 g/mol. The maximum atomic E-state index is 12.4. The fraction of sp³-hybridized carbons (Fsp3) is 0.158. The van der Waals surface area contributed by atoms with E-state index in [4.69, 9.17) is 9.47 Å². The number of carbonyl (C=O) groups excluding carboxylic acids is 1. The number of amides is 1. The highest BCUT2D eigenvalue weighted by Crippen LogP contribution is 2.32. The molecule has 0 bridgehead atoms. The number of hydrogen-bond donors (Lipinski definition) is 1. The van der Waals surface area contributed by atoms with E-state index >= 15 is 0 Å². The molecule has 2 aromatic carbocycles. The van der Waals surface area contributed by atoms with Crippen LogP contribution in [-0.4, -0.2) is 22.5 Å². The van der Waals surface area contributed by atoms with Gasteiger partial charge in [-0.2, -0.15) is 5.10 Å². The lowest BCUT2D eigenvalue weighted by Crippen LogP contribution is -2.23. The summed E-state index contributed by atoms with van der Waals surface area (Å²) >= 11 is 0. The fourth-order valence-corrected chi connectivity index (χ4v) is 2.78. The van der Waals surface area contributed by atoms with Gasteiger partial charge in [-0.25, -0.2) is 0 Å². The zero-order valence-corrected chi connectivity index (χ0v) is 13.7. The summed E-state index contributed by atoms with van der Waals surface area (Å²) in [5.41, 5.74) is 3.25. The quantitative estimate of drug-likeness (QED) is 0.796. The molecule has 3 aromatic rings. The van der Waals surface area contributed by atoms with Crippen molar-refractivity contribution in [2.75, 3.05) is 6.79 Å². The average Bonchev–Trinajstić information content (AvgIpc) is 3.26. The molecule has 1 amide bonds. The van der Waals surface area contributed by atoms with Crippen LogP contribution in [0.1, 0.15) is 16.1 Å². The second kappa shape index (κ2) is 6.32. The Morgan fingerprint density at radius 2 is 1.92 bits per heavy atom. The lowest BCUT2D eigenvalue weighted by atomic mass is 10.1. The third-order valence-electron chi connectivity index (χ3n) is 4.07. The number of hydrogen-bond acceptors (Lipinski definition) is 4. The van der Waals surface area contributed by atoms with Crippen LogP contribution < -0.4 is 14.8 Å². The van der Waals surface area contributed by atoms with Crippen molar-refractivity contribution in [1.29, 1.82) is 0 Å². The van der Waals surface area contributed by atoms with Gasteiger partial charge >= 0.3 is 0 Å². The lowest BCUT2D eigenvalue weighted by Gasteiger charge is -2.04. The van der Waals surface area contributed by atoms with E-state index in [1.165, 1.54) is 0 Å². The van der Waals surface area contributed by atoms with Crippen molar-refractivity contribution in [2.24, 2.45) is 7.05 Å². The number of fused-ring (bicyclic) bond motifs is 1. The summed E-state index contributed by atoms with van der Waals surface area (Å²) in [5, 5.41) is 7.20. The van der Waals surface area contributed by atoms with Crippen molar-refractivity contribution in [2.45, 2.75) is 6.54 Å². The van der Waals surface area contributed by atoms with Crippen LogP contribution in [0.25, 0.3) is 11.3 Å². The fourth-order valence-electron chi connectivity index (χ4n) is 2.78. The highest BCUT2D eigenvalue weighted by molar-refractivity contribution is 5.93. The van der Waals surface area contributed by atoms with E-state index in [1.807, 2.05) is 55.6 Å². The molecule has 6 heteroatoms. The van der Waals surface area contributed by atoms with Crippen LogP contribution in [-0.2, 0) is 13.6 Å². The number of rotatable bonds is 4. The molecule has 126 valence electrons. The maximum Gasteiger partial charge on any atom is 0.272 e. The predicted molar refractivity (Wildman–Crippen MR) is 92.4 cm³/mol. The molecule has 0 fully saturated rings. The molecule has 0 aliphatic carbocycles. The van der Waals surface area contributed by atoms with Crippen LogP contribution in [0, 0.1) is 0 Å². The van der Waals surface area contributed by atoms with Gasteiger partial charge in [-0.1, -0.05) is 36.4 Å². The Labute approximate surface area is 145 Å². The molecule has 0 radical (unpaired) electrons. The second-order valence-electron chi connectivity index (χ2n) is 5.77. The number of nitrogens with one attached hydrogen (secondary N) is 1.